The third kappa shape index (κ3) is 2.29. The Bertz CT molecular complexity index is 495. The fraction of sp³-hybridized carbons (Fsp3) is 0.333. The molecule has 0 radical (unpaired) electrons. The first-order valence-corrected chi connectivity index (χ1v) is 7.10. The zero-order chi connectivity index (χ0) is 12.3. The molecule has 1 aliphatic carbocycles. The highest BCUT2D eigenvalue weighted by atomic mass is 31.2. The standard InChI is InChI=1S/C12H15O4P/c1-3-15-17(13,16-4-2)12-6-5-10-9-14-8-7-11(10)12/h5-9H,3-4H2,1-2H3. The first-order valence-electron chi connectivity index (χ1n) is 5.56. The molecule has 4 nitrogen and oxygen atoms in total. The molecule has 1 heterocycles. The Labute approximate surface area is 100 Å². The summed E-state index contributed by atoms with van der Waals surface area (Å²) < 4.78 is 28.3. The summed E-state index contributed by atoms with van der Waals surface area (Å²) in [5.41, 5.74) is 1.74. The van der Waals surface area contributed by atoms with E-state index < -0.39 is 7.60 Å². The van der Waals surface area contributed by atoms with Gasteiger partial charge in [-0.3, -0.25) is 4.57 Å². The second kappa shape index (κ2) is 5.05. The van der Waals surface area contributed by atoms with Gasteiger partial charge in [0.2, 0.25) is 0 Å². The lowest BCUT2D eigenvalue weighted by Gasteiger charge is -2.17. The maximum Gasteiger partial charge on any atom is 0.361 e. The van der Waals surface area contributed by atoms with Crippen LogP contribution in [-0.4, -0.2) is 13.2 Å². The Morgan fingerprint density at radius 3 is 2.53 bits per heavy atom. The van der Waals surface area contributed by atoms with E-state index in [0.29, 0.717) is 18.5 Å². The van der Waals surface area contributed by atoms with Crippen LogP contribution in [0.25, 0.3) is 11.1 Å². The summed E-state index contributed by atoms with van der Waals surface area (Å²) in [5.74, 6) is 0. The molecule has 92 valence electrons. The second-order valence-electron chi connectivity index (χ2n) is 3.48. The van der Waals surface area contributed by atoms with Crippen molar-refractivity contribution in [3.8, 4) is 11.1 Å². The molecule has 2 aliphatic rings. The molecule has 0 aromatic carbocycles. The van der Waals surface area contributed by atoms with Crippen molar-refractivity contribution in [1.29, 1.82) is 0 Å². The van der Waals surface area contributed by atoms with Gasteiger partial charge < -0.3 is 13.5 Å². The Kier molecular flexibility index (Phi) is 3.67. The molecule has 0 unspecified atom stereocenters. The van der Waals surface area contributed by atoms with Gasteiger partial charge in [0.25, 0.3) is 0 Å². The molecule has 17 heavy (non-hydrogen) atoms. The first-order chi connectivity index (χ1) is 8.21. The topological polar surface area (TPSA) is 48.7 Å². The maximum absolute atomic E-state index is 12.6. The fourth-order valence-corrected chi connectivity index (χ4v) is 3.54. The van der Waals surface area contributed by atoms with Gasteiger partial charge in [0.15, 0.2) is 0 Å². The van der Waals surface area contributed by atoms with Crippen molar-refractivity contribution in [2.75, 3.05) is 13.2 Å². The highest BCUT2D eigenvalue weighted by molar-refractivity contribution is 7.62. The number of hydrogen-bond acceptors (Lipinski definition) is 4. The van der Waals surface area contributed by atoms with Gasteiger partial charge >= 0.3 is 7.60 Å². The van der Waals surface area contributed by atoms with Crippen molar-refractivity contribution in [3.63, 3.8) is 0 Å². The lowest BCUT2D eigenvalue weighted by Crippen LogP contribution is -2.10. The minimum atomic E-state index is -3.21. The van der Waals surface area contributed by atoms with Crippen LogP contribution >= 0.6 is 7.60 Å². The van der Waals surface area contributed by atoms with Crippen molar-refractivity contribution in [2.24, 2.45) is 0 Å². The van der Waals surface area contributed by atoms with E-state index in [1.165, 1.54) is 0 Å². The van der Waals surface area contributed by atoms with E-state index in [4.69, 9.17) is 13.5 Å². The van der Waals surface area contributed by atoms with Crippen molar-refractivity contribution in [2.45, 2.75) is 13.8 Å². The van der Waals surface area contributed by atoms with Gasteiger partial charge in [0, 0.05) is 11.1 Å². The molecule has 0 atom stereocenters. The Morgan fingerprint density at radius 2 is 1.88 bits per heavy atom. The molecule has 0 N–H and O–H groups in total. The summed E-state index contributed by atoms with van der Waals surface area (Å²) in [6, 6.07) is 5.39. The van der Waals surface area contributed by atoms with Gasteiger partial charge in [-0.25, -0.2) is 0 Å². The van der Waals surface area contributed by atoms with Crippen LogP contribution in [0.3, 0.4) is 0 Å². The molecule has 5 heteroatoms. The van der Waals surface area contributed by atoms with Gasteiger partial charge in [-0.1, -0.05) is 6.07 Å². The van der Waals surface area contributed by atoms with E-state index >= 15 is 0 Å². The van der Waals surface area contributed by atoms with Crippen LogP contribution in [0, 0.1) is 0 Å². The molecule has 0 amide bonds. The van der Waals surface area contributed by atoms with E-state index in [2.05, 4.69) is 0 Å². The van der Waals surface area contributed by atoms with E-state index in [1.54, 1.807) is 38.5 Å². The third-order valence-electron chi connectivity index (χ3n) is 2.41. The summed E-state index contributed by atoms with van der Waals surface area (Å²) in [6.07, 6.45) is 3.16. The number of hydrogen-bond donors (Lipinski definition) is 0. The maximum atomic E-state index is 12.6. The second-order valence-corrected chi connectivity index (χ2v) is 5.47. The lowest BCUT2D eigenvalue weighted by molar-refractivity contribution is 0.230. The third-order valence-corrected chi connectivity index (χ3v) is 4.59. The van der Waals surface area contributed by atoms with Gasteiger partial charge in [0.1, 0.15) is 0 Å². The molecule has 1 aliphatic heterocycles. The zero-order valence-electron chi connectivity index (χ0n) is 9.88. The van der Waals surface area contributed by atoms with Crippen LogP contribution in [0.2, 0.25) is 0 Å². The van der Waals surface area contributed by atoms with Gasteiger partial charge in [-0.05, 0) is 26.0 Å². The van der Waals surface area contributed by atoms with Crippen molar-refractivity contribution in [1.82, 2.24) is 0 Å². The molecule has 0 saturated carbocycles. The van der Waals surface area contributed by atoms with Crippen LogP contribution < -0.4 is 5.30 Å². The lowest BCUT2D eigenvalue weighted by atomic mass is 10.2. The summed E-state index contributed by atoms with van der Waals surface area (Å²) in [7, 11) is -3.21. The molecular weight excluding hydrogens is 239 g/mol. The fourth-order valence-electron chi connectivity index (χ4n) is 1.76. The Morgan fingerprint density at radius 1 is 1.18 bits per heavy atom. The summed E-state index contributed by atoms with van der Waals surface area (Å²) in [6.45, 7) is 4.29. The molecule has 2 rings (SSSR count). The monoisotopic (exact) mass is 254 g/mol. The number of fused-ring (bicyclic) bond motifs is 1. The minimum absolute atomic E-state index is 0.348. The largest absolute Gasteiger partial charge is 0.472 e. The van der Waals surface area contributed by atoms with Crippen LogP contribution in [0.4, 0.5) is 0 Å². The molecule has 0 saturated heterocycles. The minimum Gasteiger partial charge on any atom is -0.472 e. The molecule has 0 bridgehead atoms. The number of rotatable bonds is 5. The van der Waals surface area contributed by atoms with Gasteiger partial charge in [0.05, 0.1) is 31.0 Å². The SMILES string of the molecule is CCOP(=O)(OCC)c1ccc2coccc1-2. The molecule has 0 fully saturated rings. The average Bonchev–Trinajstić information content (AvgIpc) is 2.74. The van der Waals surface area contributed by atoms with Crippen LogP contribution in [0.15, 0.2) is 35.1 Å². The predicted molar refractivity (Wildman–Crippen MR) is 65.8 cm³/mol. The molecular formula is C12H15O4P. The van der Waals surface area contributed by atoms with E-state index in [0.717, 1.165) is 11.1 Å². The zero-order valence-corrected chi connectivity index (χ0v) is 10.8. The first kappa shape index (κ1) is 12.4. The summed E-state index contributed by atoms with van der Waals surface area (Å²) in [4.78, 5) is 0. The van der Waals surface area contributed by atoms with Crippen LogP contribution in [0.1, 0.15) is 13.8 Å². The highest BCUT2D eigenvalue weighted by Crippen LogP contribution is 2.50. The molecule has 0 aromatic heterocycles. The quantitative estimate of drug-likeness (QED) is 0.768. The Balaban J connectivity index is 2.47. The van der Waals surface area contributed by atoms with E-state index in [1.807, 2.05) is 6.07 Å². The van der Waals surface area contributed by atoms with Crippen molar-refractivity contribution < 1.29 is 18.0 Å². The van der Waals surface area contributed by atoms with Gasteiger partial charge in [-0.15, -0.1) is 0 Å². The normalized spacial score (nSPS) is 12.1. The van der Waals surface area contributed by atoms with Gasteiger partial charge in [-0.2, -0.15) is 0 Å². The Hall–Kier alpha value is -1.09. The molecule has 0 aromatic rings. The van der Waals surface area contributed by atoms with Crippen molar-refractivity contribution in [3.05, 3.63) is 30.7 Å². The predicted octanol–water partition coefficient (Wildman–Crippen LogP) is 3.28. The smallest absolute Gasteiger partial charge is 0.361 e. The summed E-state index contributed by atoms with van der Waals surface area (Å²) in [5, 5.41) is 0.604. The molecule has 0 spiro atoms. The van der Waals surface area contributed by atoms with Crippen LogP contribution in [0.5, 0.6) is 0 Å². The summed E-state index contributed by atoms with van der Waals surface area (Å²) >= 11 is 0. The van der Waals surface area contributed by atoms with E-state index in [9.17, 15) is 4.57 Å². The van der Waals surface area contributed by atoms with E-state index in [-0.39, 0.29) is 0 Å². The highest BCUT2D eigenvalue weighted by Gasteiger charge is 2.31. The van der Waals surface area contributed by atoms with Crippen LogP contribution in [-0.2, 0) is 13.6 Å². The van der Waals surface area contributed by atoms with Crippen molar-refractivity contribution >= 4 is 12.9 Å². The average molecular weight is 254 g/mol.